The predicted molar refractivity (Wildman–Crippen MR) is 80.1 cm³/mol. The van der Waals surface area contributed by atoms with Gasteiger partial charge in [-0.2, -0.15) is 0 Å². The van der Waals surface area contributed by atoms with Gasteiger partial charge in [0.25, 0.3) is 5.91 Å². The Hall–Kier alpha value is -2.29. The standard InChI is InChI=1S/C17H17NO2/c1-11(2)12-3-5-13(6-4-12)14-7-8-16-15(9-14)18-17(19)10-20-16/h3-9,11H,10H2,1-2H3,(H,18,19). The van der Waals surface area contributed by atoms with Crippen molar-refractivity contribution in [3.8, 4) is 16.9 Å². The van der Waals surface area contributed by atoms with Gasteiger partial charge in [-0.1, -0.05) is 44.2 Å². The Kier molecular flexibility index (Phi) is 3.18. The molecule has 1 aliphatic rings. The topological polar surface area (TPSA) is 38.3 Å². The number of rotatable bonds is 2. The second-order valence-corrected chi connectivity index (χ2v) is 5.32. The Labute approximate surface area is 118 Å². The van der Waals surface area contributed by atoms with Crippen molar-refractivity contribution in [2.45, 2.75) is 19.8 Å². The summed E-state index contributed by atoms with van der Waals surface area (Å²) in [7, 11) is 0. The van der Waals surface area contributed by atoms with Gasteiger partial charge in [-0.3, -0.25) is 4.79 Å². The van der Waals surface area contributed by atoms with Crippen molar-refractivity contribution in [2.24, 2.45) is 0 Å². The second kappa shape index (κ2) is 5.00. The first kappa shape index (κ1) is 12.7. The van der Waals surface area contributed by atoms with Crippen LogP contribution in [0.2, 0.25) is 0 Å². The van der Waals surface area contributed by atoms with Crippen LogP contribution in [-0.2, 0) is 4.79 Å². The number of carbonyl (C=O) groups is 1. The number of hydrogen-bond acceptors (Lipinski definition) is 2. The summed E-state index contributed by atoms with van der Waals surface area (Å²) in [6.07, 6.45) is 0. The summed E-state index contributed by atoms with van der Waals surface area (Å²) >= 11 is 0. The highest BCUT2D eigenvalue weighted by Crippen LogP contribution is 2.33. The fraction of sp³-hybridized carbons (Fsp3) is 0.235. The second-order valence-electron chi connectivity index (χ2n) is 5.32. The number of hydrogen-bond donors (Lipinski definition) is 1. The number of anilines is 1. The van der Waals surface area contributed by atoms with Gasteiger partial charge in [-0.05, 0) is 34.7 Å². The van der Waals surface area contributed by atoms with E-state index in [1.165, 1.54) is 5.56 Å². The minimum Gasteiger partial charge on any atom is -0.482 e. The summed E-state index contributed by atoms with van der Waals surface area (Å²) in [6, 6.07) is 14.4. The van der Waals surface area contributed by atoms with E-state index < -0.39 is 0 Å². The van der Waals surface area contributed by atoms with Gasteiger partial charge in [-0.15, -0.1) is 0 Å². The van der Waals surface area contributed by atoms with Crippen LogP contribution in [0.15, 0.2) is 42.5 Å². The fourth-order valence-electron chi connectivity index (χ4n) is 2.32. The summed E-state index contributed by atoms with van der Waals surface area (Å²) in [4.78, 5) is 11.4. The van der Waals surface area contributed by atoms with Crippen molar-refractivity contribution >= 4 is 11.6 Å². The quantitative estimate of drug-likeness (QED) is 0.898. The van der Waals surface area contributed by atoms with Gasteiger partial charge in [0.1, 0.15) is 5.75 Å². The molecule has 0 spiro atoms. The molecule has 0 bridgehead atoms. The molecule has 3 rings (SSSR count). The van der Waals surface area contributed by atoms with E-state index in [-0.39, 0.29) is 12.5 Å². The fourth-order valence-corrected chi connectivity index (χ4v) is 2.32. The van der Waals surface area contributed by atoms with Crippen LogP contribution in [0, 0.1) is 0 Å². The van der Waals surface area contributed by atoms with Gasteiger partial charge in [-0.25, -0.2) is 0 Å². The zero-order chi connectivity index (χ0) is 14.1. The van der Waals surface area contributed by atoms with Crippen molar-refractivity contribution in [1.29, 1.82) is 0 Å². The third kappa shape index (κ3) is 2.39. The number of amides is 1. The Morgan fingerprint density at radius 1 is 1.05 bits per heavy atom. The van der Waals surface area contributed by atoms with Crippen molar-refractivity contribution < 1.29 is 9.53 Å². The molecule has 0 unspecified atom stereocenters. The monoisotopic (exact) mass is 267 g/mol. The van der Waals surface area contributed by atoms with E-state index in [4.69, 9.17) is 4.74 Å². The zero-order valence-electron chi connectivity index (χ0n) is 11.6. The van der Waals surface area contributed by atoms with E-state index in [1.807, 2.05) is 18.2 Å². The lowest BCUT2D eigenvalue weighted by molar-refractivity contribution is -0.118. The molecule has 2 aromatic carbocycles. The summed E-state index contributed by atoms with van der Waals surface area (Å²) in [6.45, 7) is 4.46. The SMILES string of the molecule is CC(C)c1ccc(-c2ccc3c(c2)NC(=O)CO3)cc1. The number of fused-ring (bicyclic) bond motifs is 1. The maximum atomic E-state index is 11.4. The molecule has 20 heavy (non-hydrogen) atoms. The van der Waals surface area contributed by atoms with E-state index in [1.54, 1.807) is 0 Å². The Bertz CT molecular complexity index is 645. The Morgan fingerprint density at radius 3 is 2.45 bits per heavy atom. The third-order valence-corrected chi connectivity index (χ3v) is 3.52. The molecule has 102 valence electrons. The molecule has 0 radical (unpaired) electrons. The van der Waals surface area contributed by atoms with Gasteiger partial charge < -0.3 is 10.1 Å². The molecule has 0 fully saturated rings. The first-order valence-electron chi connectivity index (χ1n) is 6.80. The molecule has 1 amide bonds. The molecule has 0 atom stereocenters. The van der Waals surface area contributed by atoms with Crippen LogP contribution in [0.5, 0.6) is 5.75 Å². The van der Waals surface area contributed by atoms with Gasteiger partial charge in [0.15, 0.2) is 6.61 Å². The van der Waals surface area contributed by atoms with Crippen molar-refractivity contribution in [3.63, 3.8) is 0 Å². The summed E-state index contributed by atoms with van der Waals surface area (Å²) in [5.41, 5.74) is 4.27. The molecule has 3 nitrogen and oxygen atoms in total. The summed E-state index contributed by atoms with van der Waals surface area (Å²) in [5.74, 6) is 1.15. The average Bonchev–Trinajstić information content (AvgIpc) is 2.46. The highest BCUT2D eigenvalue weighted by Gasteiger charge is 2.16. The Balaban J connectivity index is 1.94. The largest absolute Gasteiger partial charge is 0.482 e. The summed E-state index contributed by atoms with van der Waals surface area (Å²) in [5, 5.41) is 2.84. The van der Waals surface area contributed by atoms with Gasteiger partial charge in [0, 0.05) is 0 Å². The van der Waals surface area contributed by atoms with Crippen LogP contribution in [0.4, 0.5) is 5.69 Å². The van der Waals surface area contributed by atoms with Crippen LogP contribution in [0.1, 0.15) is 25.3 Å². The van der Waals surface area contributed by atoms with E-state index in [0.29, 0.717) is 5.92 Å². The first-order valence-corrected chi connectivity index (χ1v) is 6.80. The molecule has 1 aliphatic heterocycles. The van der Waals surface area contributed by atoms with Crippen LogP contribution in [0.3, 0.4) is 0 Å². The molecular weight excluding hydrogens is 250 g/mol. The van der Waals surface area contributed by atoms with Crippen LogP contribution >= 0.6 is 0 Å². The zero-order valence-corrected chi connectivity index (χ0v) is 11.6. The van der Waals surface area contributed by atoms with E-state index in [9.17, 15) is 4.79 Å². The number of benzene rings is 2. The van der Waals surface area contributed by atoms with Crippen LogP contribution < -0.4 is 10.1 Å². The highest BCUT2D eigenvalue weighted by molar-refractivity contribution is 5.96. The number of carbonyl (C=O) groups excluding carboxylic acids is 1. The molecule has 0 aromatic heterocycles. The van der Waals surface area contributed by atoms with Crippen molar-refractivity contribution in [3.05, 3.63) is 48.0 Å². The van der Waals surface area contributed by atoms with Gasteiger partial charge in [0.05, 0.1) is 5.69 Å². The Morgan fingerprint density at radius 2 is 1.75 bits per heavy atom. The molecule has 0 saturated heterocycles. The lowest BCUT2D eigenvalue weighted by atomic mass is 9.98. The average molecular weight is 267 g/mol. The first-order chi connectivity index (χ1) is 9.63. The molecular formula is C17H17NO2. The lowest BCUT2D eigenvalue weighted by Crippen LogP contribution is -2.25. The molecule has 1 N–H and O–H groups in total. The minimum absolute atomic E-state index is 0.0927. The lowest BCUT2D eigenvalue weighted by Gasteiger charge is -2.18. The van der Waals surface area contributed by atoms with Gasteiger partial charge in [0.2, 0.25) is 0 Å². The predicted octanol–water partition coefficient (Wildman–Crippen LogP) is 3.81. The maximum absolute atomic E-state index is 11.4. The molecule has 3 heteroatoms. The van der Waals surface area contributed by atoms with Gasteiger partial charge >= 0.3 is 0 Å². The minimum atomic E-state index is -0.107. The van der Waals surface area contributed by atoms with E-state index >= 15 is 0 Å². The van der Waals surface area contributed by atoms with E-state index in [0.717, 1.165) is 22.6 Å². The van der Waals surface area contributed by atoms with Crippen molar-refractivity contribution in [1.82, 2.24) is 0 Å². The molecule has 1 heterocycles. The smallest absolute Gasteiger partial charge is 0.262 e. The molecule has 0 aliphatic carbocycles. The van der Waals surface area contributed by atoms with Crippen LogP contribution in [0.25, 0.3) is 11.1 Å². The molecule has 2 aromatic rings. The maximum Gasteiger partial charge on any atom is 0.262 e. The van der Waals surface area contributed by atoms with Crippen molar-refractivity contribution in [2.75, 3.05) is 11.9 Å². The summed E-state index contributed by atoms with van der Waals surface area (Å²) < 4.78 is 5.37. The number of ether oxygens (including phenoxy) is 1. The third-order valence-electron chi connectivity index (χ3n) is 3.52. The number of nitrogens with one attached hydrogen (secondary N) is 1. The molecule has 0 saturated carbocycles. The highest BCUT2D eigenvalue weighted by atomic mass is 16.5. The van der Waals surface area contributed by atoms with Crippen LogP contribution in [-0.4, -0.2) is 12.5 Å². The van der Waals surface area contributed by atoms with E-state index in [2.05, 4.69) is 43.4 Å². The normalized spacial score (nSPS) is 13.7.